The second-order valence-corrected chi connectivity index (χ2v) is 10.5. The van der Waals surface area contributed by atoms with Crippen LogP contribution in [0, 0.1) is 0 Å². The summed E-state index contributed by atoms with van der Waals surface area (Å²) in [5, 5.41) is 0. The van der Waals surface area contributed by atoms with E-state index in [-0.39, 0.29) is 11.4 Å². The molecular formula is C27H21N5O6S2. The molecule has 11 nitrogen and oxygen atoms in total. The number of carbonyl (C=O) groups excluding carboxylic acids is 4. The molecule has 0 fully saturated rings. The number of rotatable bonds is 4. The van der Waals surface area contributed by atoms with Gasteiger partial charge >= 0.3 is 11.9 Å². The van der Waals surface area contributed by atoms with Crippen molar-refractivity contribution in [3.8, 4) is 0 Å². The molecule has 0 unspecified atom stereocenters. The number of hydrogen-bond acceptors (Lipinski definition) is 9. The largest absolute Gasteiger partial charge is 0.465 e. The van der Waals surface area contributed by atoms with E-state index in [0.29, 0.717) is 20.7 Å². The molecule has 0 radical (unpaired) electrons. The van der Waals surface area contributed by atoms with Gasteiger partial charge in [0.05, 0.1) is 45.8 Å². The maximum Gasteiger partial charge on any atom is 0.337 e. The summed E-state index contributed by atoms with van der Waals surface area (Å²) in [6, 6.07) is 14.6. The fraction of sp³-hybridized carbons (Fsp3) is 0.148. The average Bonchev–Trinajstić information content (AvgIpc) is 3.46. The van der Waals surface area contributed by atoms with Crippen LogP contribution in [0.15, 0.2) is 64.6 Å². The van der Waals surface area contributed by atoms with Gasteiger partial charge < -0.3 is 18.6 Å². The molecule has 3 aromatic heterocycles. The lowest BCUT2D eigenvalue weighted by Crippen LogP contribution is -2.16. The number of fused-ring (bicyclic) bond motifs is 2. The summed E-state index contributed by atoms with van der Waals surface area (Å²) in [6.07, 6.45) is 0. The zero-order valence-corrected chi connectivity index (χ0v) is 23.3. The summed E-state index contributed by atoms with van der Waals surface area (Å²) in [7, 11) is 6.14. The Morgan fingerprint density at radius 3 is 1.52 bits per heavy atom. The first kappa shape index (κ1) is 26.8. The first-order valence-electron chi connectivity index (χ1n) is 11.7. The van der Waals surface area contributed by atoms with Crippen molar-refractivity contribution >= 4 is 66.9 Å². The topological polar surface area (TPSA) is 134 Å². The lowest BCUT2D eigenvalue weighted by molar-refractivity contribution is 0.0592. The first-order valence-corrected chi connectivity index (χ1v) is 13.3. The quantitative estimate of drug-likeness (QED) is 0.300. The van der Waals surface area contributed by atoms with E-state index in [2.05, 4.69) is 15.0 Å². The van der Waals surface area contributed by atoms with Crippen LogP contribution in [0.4, 0.5) is 0 Å². The molecule has 0 aliphatic rings. The van der Waals surface area contributed by atoms with Crippen molar-refractivity contribution in [2.75, 3.05) is 14.2 Å². The zero-order valence-electron chi connectivity index (χ0n) is 21.7. The molecule has 0 saturated carbocycles. The minimum Gasteiger partial charge on any atom is -0.465 e. The van der Waals surface area contributed by atoms with Gasteiger partial charge in [-0.3, -0.25) is 9.59 Å². The Labute approximate surface area is 234 Å². The molecule has 0 saturated heterocycles. The standard InChI is InChI=1S/C27H21N5O6S2/c1-31-18-10-8-14(24(35)37-3)12-20(18)39-26(31)29-22(33)16-6-5-7-17(28-16)23(34)30-27-32(2)19-11-9-15(25(36)38-4)13-21(19)40-27/h5-13H,1-4H3. The van der Waals surface area contributed by atoms with Gasteiger partial charge in [0, 0.05) is 14.1 Å². The summed E-state index contributed by atoms with van der Waals surface area (Å²) >= 11 is 2.47. The normalized spacial score (nSPS) is 12.2. The fourth-order valence-corrected chi connectivity index (χ4v) is 6.04. The van der Waals surface area contributed by atoms with Crippen molar-refractivity contribution in [3.63, 3.8) is 0 Å². The number of carbonyl (C=O) groups is 4. The monoisotopic (exact) mass is 575 g/mol. The summed E-state index contributed by atoms with van der Waals surface area (Å²) < 4.78 is 14.5. The van der Waals surface area contributed by atoms with E-state index in [4.69, 9.17) is 9.47 Å². The van der Waals surface area contributed by atoms with Crippen LogP contribution >= 0.6 is 22.7 Å². The van der Waals surface area contributed by atoms with Crippen LogP contribution in [0.2, 0.25) is 0 Å². The molecule has 5 rings (SSSR count). The molecule has 0 aliphatic carbocycles. The maximum atomic E-state index is 13.0. The van der Waals surface area contributed by atoms with Crippen LogP contribution < -0.4 is 9.60 Å². The van der Waals surface area contributed by atoms with Gasteiger partial charge in [0.25, 0.3) is 11.8 Å². The van der Waals surface area contributed by atoms with Gasteiger partial charge in [-0.1, -0.05) is 28.7 Å². The predicted molar refractivity (Wildman–Crippen MR) is 148 cm³/mol. The van der Waals surface area contributed by atoms with Crippen LogP contribution in [-0.4, -0.2) is 52.1 Å². The SMILES string of the molecule is COC(=O)c1ccc2c(c1)sc(=NC(=O)c1cccc(C(=O)N=c3sc4cc(C(=O)OC)ccc4n3C)n1)n2C. The Morgan fingerprint density at radius 1 is 0.700 bits per heavy atom. The molecule has 202 valence electrons. The first-order chi connectivity index (χ1) is 19.2. The van der Waals surface area contributed by atoms with Gasteiger partial charge in [-0.25, -0.2) is 14.6 Å². The molecule has 40 heavy (non-hydrogen) atoms. The highest BCUT2D eigenvalue weighted by Crippen LogP contribution is 2.20. The Hall–Kier alpha value is -4.75. The van der Waals surface area contributed by atoms with Gasteiger partial charge in [-0.2, -0.15) is 9.98 Å². The number of benzene rings is 2. The number of amides is 2. The molecule has 0 bridgehead atoms. The summed E-state index contributed by atoms with van der Waals surface area (Å²) in [5.41, 5.74) is 2.32. The van der Waals surface area contributed by atoms with Crippen molar-refractivity contribution in [1.82, 2.24) is 14.1 Å². The lowest BCUT2D eigenvalue weighted by Gasteiger charge is -2.00. The number of ether oxygens (including phenoxy) is 2. The number of aromatic nitrogens is 3. The number of thiazole rings is 2. The van der Waals surface area contributed by atoms with Crippen molar-refractivity contribution in [3.05, 3.63) is 86.7 Å². The Morgan fingerprint density at radius 2 is 1.12 bits per heavy atom. The third-order valence-electron chi connectivity index (χ3n) is 6.04. The Balaban J connectivity index is 1.46. The second-order valence-electron chi connectivity index (χ2n) is 8.48. The van der Waals surface area contributed by atoms with Gasteiger partial charge in [-0.15, -0.1) is 0 Å². The molecule has 0 N–H and O–H groups in total. The van der Waals surface area contributed by atoms with E-state index < -0.39 is 23.8 Å². The van der Waals surface area contributed by atoms with Crippen molar-refractivity contribution < 1.29 is 28.7 Å². The third-order valence-corrected chi connectivity index (χ3v) is 8.23. The van der Waals surface area contributed by atoms with Crippen LogP contribution in [-0.2, 0) is 23.6 Å². The highest BCUT2D eigenvalue weighted by atomic mass is 32.1. The molecular weight excluding hydrogens is 554 g/mol. The molecule has 5 aromatic rings. The maximum absolute atomic E-state index is 13.0. The smallest absolute Gasteiger partial charge is 0.337 e. The molecule has 0 atom stereocenters. The van der Waals surface area contributed by atoms with Gasteiger partial charge in [0.1, 0.15) is 11.4 Å². The van der Waals surface area contributed by atoms with E-state index in [1.807, 2.05) is 0 Å². The summed E-state index contributed by atoms with van der Waals surface area (Å²) in [4.78, 5) is 63.1. The average molecular weight is 576 g/mol. The third kappa shape index (κ3) is 4.99. The number of methoxy groups -OCH3 is 2. The predicted octanol–water partition coefficient (Wildman–Crippen LogP) is 3.24. The van der Waals surface area contributed by atoms with Crippen LogP contribution in [0.5, 0.6) is 0 Å². The lowest BCUT2D eigenvalue weighted by atomic mass is 10.2. The van der Waals surface area contributed by atoms with Crippen LogP contribution in [0.25, 0.3) is 20.4 Å². The van der Waals surface area contributed by atoms with Gasteiger partial charge in [0.15, 0.2) is 9.60 Å². The number of esters is 2. The fourth-order valence-electron chi connectivity index (χ4n) is 3.93. The summed E-state index contributed by atoms with van der Waals surface area (Å²) in [5.74, 6) is -2.18. The van der Waals surface area contributed by atoms with E-state index in [1.54, 1.807) is 65.7 Å². The van der Waals surface area contributed by atoms with Gasteiger partial charge in [0.2, 0.25) is 0 Å². The van der Waals surface area contributed by atoms with E-state index in [1.165, 1.54) is 49.0 Å². The molecule has 13 heteroatoms. The molecule has 0 spiro atoms. The van der Waals surface area contributed by atoms with Crippen LogP contribution in [0.3, 0.4) is 0 Å². The highest BCUT2D eigenvalue weighted by molar-refractivity contribution is 7.16. The van der Waals surface area contributed by atoms with E-state index in [0.717, 1.165) is 20.4 Å². The van der Waals surface area contributed by atoms with E-state index in [9.17, 15) is 19.2 Å². The summed E-state index contributed by atoms with van der Waals surface area (Å²) in [6.45, 7) is 0. The van der Waals surface area contributed by atoms with Crippen LogP contribution in [0.1, 0.15) is 41.7 Å². The molecule has 0 aliphatic heterocycles. The molecule has 2 aromatic carbocycles. The van der Waals surface area contributed by atoms with Crippen molar-refractivity contribution in [2.45, 2.75) is 0 Å². The zero-order chi connectivity index (χ0) is 28.6. The van der Waals surface area contributed by atoms with E-state index >= 15 is 0 Å². The second kappa shape index (κ2) is 10.8. The number of nitrogens with zero attached hydrogens (tertiary/aromatic N) is 5. The molecule has 2 amide bonds. The number of hydrogen-bond donors (Lipinski definition) is 0. The van der Waals surface area contributed by atoms with Crippen molar-refractivity contribution in [1.29, 1.82) is 0 Å². The number of pyridine rings is 1. The minimum absolute atomic E-state index is 0.0165. The minimum atomic E-state index is -0.632. The Bertz CT molecular complexity index is 1860. The van der Waals surface area contributed by atoms with Gasteiger partial charge in [-0.05, 0) is 48.5 Å². The highest BCUT2D eigenvalue weighted by Gasteiger charge is 2.15. The number of aryl methyl sites for hydroxylation is 2. The Kier molecular flexibility index (Phi) is 7.24. The molecule has 3 heterocycles. The van der Waals surface area contributed by atoms with Crippen molar-refractivity contribution in [2.24, 2.45) is 24.1 Å².